The van der Waals surface area contributed by atoms with E-state index in [9.17, 15) is 8.42 Å². The van der Waals surface area contributed by atoms with Crippen LogP contribution in [0.1, 0.15) is 12.2 Å². The van der Waals surface area contributed by atoms with Crippen molar-refractivity contribution in [2.24, 2.45) is 0 Å². The summed E-state index contributed by atoms with van der Waals surface area (Å²) in [6.45, 7) is 0.600. The van der Waals surface area contributed by atoms with Crippen LogP contribution in [-0.4, -0.2) is 26.0 Å². The van der Waals surface area contributed by atoms with Gasteiger partial charge in [0.15, 0.2) is 13.6 Å². The quantitative estimate of drug-likeness (QED) is 0.839. The summed E-state index contributed by atoms with van der Waals surface area (Å²) >= 11 is 2.10. The Hall–Kier alpha value is -0.0800. The van der Waals surface area contributed by atoms with Crippen LogP contribution in [0, 0.1) is 3.77 Å². The van der Waals surface area contributed by atoms with E-state index >= 15 is 0 Å². The second-order valence-corrected chi connectivity index (χ2v) is 6.98. The van der Waals surface area contributed by atoms with Gasteiger partial charge in [-0.3, -0.25) is 0 Å². The number of nitrogens with one attached hydrogen (secondary N) is 1. The van der Waals surface area contributed by atoms with Gasteiger partial charge in [-0.1, -0.05) is 0 Å². The Kier molecular flexibility index (Phi) is 3.36. The lowest BCUT2D eigenvalue weighted by atomic mass is 10.2. The summed E-state index contributed by atoms with van der Waals surface area (Å²) in [6, 6.07) is 3.87. The molecule has 84 valence electrons. The fourth-order valence-corrected chi connectivity index (χ4v) is 3.82. The van der Waals surface area contributed by atoms with E-state index in [1.54, 1.807) is 0 Å². The van der Waals surface area contributed by atoms with Crippen LogP contribution < -0.4 is 5.32 Å². The molecule has 2 heterocycles. The van der Waals surface area contributed by atoms with Crippen LogP contribution in [0.4, 0.5) is 0 Å². The fourth-order valence-electron chi connectivity index (χ4n) is 1.65. The minimum absolute atomic E-state index is 0.0813. The van der Waals surface area contributed by atoms with Gasteiger partial charge in [0.2, 0.25) is 0 Å². The van der Waals surface area contributed by atoms with Gasteiger partial charge in [-0.15, -0.1) is 0 Å². The molecule has 1 N–H and O–H groups in total. The van der Waals surface area contributed by atoms with Gasteiger partial charge >= 0.3 is 0 Å². The highest BCUT2D eigenvalue weighted by atomic mass is 127. The topological polar surface area (TPSA) is 59.3 Å². The zero-order valence-corrected chi connectivity index (χ0v) is 11.0. The lowest BCUT2D eigenvalue weighted by molar-refractivity contribution is 0.442. The summed E-state index contributed by atoms with van der Waals surface area (Å²) in [6.07, 6.45) is 0.708. The zero-order valence-electron chi connectivity index (χ0n) is 8.07. The Balaban J connectivity index is 1.85. The van der Waals surface area contributed by atoms with Crippen LogP contribution in [0.5, 0.6) is 0 Å². The molecular formula is C9H12INO3S. The zero-order chi connectivity index (χ0) is 10.9. The smallest absolute Gasteiger partial charge is 0.164 e. The first-order valence-corrected chi connectivity index (χ1v) is 7.63. The molecule has 15 heavy (non-hydrogen) atoms. The number of hydrogen-bond donors (Lipinski definition) is 1. The van der Waals surface area contributed by atoms with Gasteiger partial charge in [-0.05, 0) is 41.1 Å². The lowest BCUT2D eigenvalue weighted by Crippen LogP contribution is -2.29. The van der Waals surface area contributed by atoms with E-state index in [4.69, 9.17) is 4.42 Å². The van der Waals surface area contributed by atoms with Crippen molar-refractivity contribution < 1.29 is 12.8 Å². The molecule has 1 aliphatic rings. The first-order valence-electron chi connectivity index (χ1n) is 4.73. The van der Waals surface area contributed by atoms with Gasteiger partial charge in [-0.25, -0.2) is 8.42 Å². The summed E-state index contributed by atoms with van der Waals surface area (Å²) in [5, 5.41) is 3.19. The Labute approximate surface area is 102 Å². The van der Waals surface area contributed by atoms with Crippen molar-refractivity contribution >= 4 is 32.4 Å². The van der Waals surface area contributed by atoms with Crippen molar-refractivity contribution in [1.29, 1.82) is 0 Å². The Morgan fingerprint density at radius 1 is 1.53 bits per heavy atom. The predicted octanol–water partition coefficient (Wildman–Crippen LogP) is 1.16. The molecule has 1 atom stereocenters. The average Bonchev–Trinajstić information content (AvgIpc) is 2.69. The second-order valence-electron chi connectivity index (χ2n) is 3.69. The van der Waals surface area contributed by atoms with Gasteiger partial charge in [-0.2, -0.15) is 0 Å². The maximum Gasteiger partial charge on any atom is 0.164 e. The molecule has 0 amide bonds. The van der Waals surface area contributed by atoms with E-state index in [-0.39, 0.29) is 11.8 Å². The van der Waals surface area contributed by atoms with Gasteiger partial charge < -0.3 is 9.73 Å². The van der Waals surface area contributed by atoms with Crippen LogP contribution in [0.3, 0.4) is 0 Å². The first-order chi connectivity index (χ1) is 7.05. The molecular weight excluding hydrogens is 329 g/mol. The molecule has 0 spiro atoms. The van der Waals surface area contributed by atoms with Crippen LogP contribution in [0.25, 0.3) is 0 Å². The predicted molar refractivity (Wildman–Crippen MR) is 65.3 cm³/mol. The number of halogens is 1. The average molecular weight is 341 g/mol. The summed E-state index contributed by atoms with van der Waals surface area (Å²) in [7, 11) is -2.79. The third-order valence-electron chi connectivity index (χ3n) is 2.43. The van der Waals surface area contributed by atoms with E-state index in [1.807, 2.05) is 12.1 Å². The van der Waals surface area contributed by atoms with Crippen LogP contribution in [0.15, 0.2) is 16.5 Å². The maximum atomic E-state index is 11.2. The fraction of sp³-hybridized carbons (Fsp3) is 0.556. The molecule has 1 aromatic heterocycles. The molecule has 0 radical (unpaired) electrons. The molecule has 6 heteroatoms. The first kappa shape index (κ1) is 11.4. The molecule has 0 aliphatic carbocycles. The van der Waals surface area contributed by atoms with Crippen LogP contribution in [-0.2, 0) is 16.4 Å². The van der Waals surface area contributed by atoms with Crippen molar-refractivity contribution in [3.8, 4) is 0 Å². The standard InChI is InChI=1S/C9H12INO3S/c10-9-2-1-8(14-9)5-11-7-3-4-15(12,13)6-7/h1-2,7,11H,3-6H2. The number of furan rings is 1. The summed E-state index contributed by atoms with van der Waals surface area (Å²) in [5.41, 5.74) is 0. The molecule has 1 unspecified atom stereocenters. The number of hydrogen-bond acceptors (Lipinski definition) is 4. The normalized spacial score (nSPS) is 24.5. The molecule has 1 aliphatic heterocycles. The van der Waals surface area contributed by atoms with E-state index in [0.717, 1.165) is 9.53 Å². The summed E-state index contributed by atoms with van der Waals surface area (Å²) in [5.74, 6) is 1.41. The molecule has 4 nitrogen and oxygen atoms in total. The second kappa shape index (κ2) is 4.42. The van der Waals surface area contributed by atoms with Crippen molar-refractivity contribution in [2.75, 3.05) is 11.5 Å². The van der Waals surface area contributed by atoms with Gasteiger partial charge in [0, 0.05) is 6.04 Å². The molecule has 1 saturated heterocycles. The summed E-state index contributed by atoms with van der Waals surface area (Å²) < 4.78 is 28.6. The molecule has 1 fully saturated rings. The van der Waals surface area contributed by atoms with Crippen molar-refractivity contribution in [3.63, 3.8) is 0 Å². The number of sulfone groups is 1. The van der Waals surface area contributed by atoms with E-state index in [2.05, 4.69) is 27.9 Å². The van der Waals surface area contributed by atoms with Crippen LogP contribution in [0.2, 0.25) is 0 Å². The highest BCUT2D eigenvalue weighted by Crippen LogP contribution is 2.13. The van der Waals surface area contributed by atoms with Gasteiger partial charge in [0.25, 0.3) is 0 Å². The number of rotatable bonds is 3. The molecule has 0 saturated carbocycles. The van der Waals surface area contributed by atoms with E-state index in [0.29, 0.717) is 18.7 Å². The third kappa shape index (κ3) is 3.18. The summed E-state index contributed by atoms with van der Waals surface area (Å²) in [4.78, 5) is 0. The van der Waals surface area contributed by atoms with E-state index in [1.165, 1.54) is 0 Å². The largest absolute Gasteiger partial charge is 0.454 e. The minimum Gasteiger partial charge on any atom is -0.454 e. The van der Waals surface area contributed by atoms with Crippen LogP contribution >= 0.6 is 22.6 Å². The van der Waals surface area contributed by atoms with Gasteiger partial charge in [0.05, 0.1) is 18.1 Å². The highest BCUT2D eigenvalue weighted by molar-refractivity contribution is 14.1. The monoisotopic (exact) mass is 341 g/mol. The van der Waals surface area contributed by atoms with Gasteiger partial charge in [0.1, 0.15) is 5.76 Å². The Morgan fingerprint density at radius 3 is 2.87 bits per heavy atom. The highest BCUT2D eigenvalue weighted by Gasteiger charge is 2.27. The maximum absolute atomic E-state index is 11.2. The van der Waals surface area contributed by atoms with Crippen molar-refractivity contribution in [3.05, 3.63) is 21.7 Å². The minimum atomic E-state index is -2.79. The third-order valence-corrected chi connectivity index (χ3v) is 4.77. The molecule has 0 aromatic carbocycles. The SMILES string of the molecule is O=S1(=O)CCC(NCc2ccc(I)o2)C1. The molecule has 2 rings (SSSR count). The molecule has 1 aromatic rings. The van der Waals surface area contributed by atoms with E-state index < -0.39 is 9.84 Å². The van der Waals surface area contributed by atoms with Crippen molar-refractivity contribution in [1.82, 2.24) is 5.32 Å². The lowest BCUT2D eigenvalue weighted by Gasteiger charge is -2.08. The Morgan fingerprint density at radius 2 is 2.33 bits per heavy atom. The Bertz CT molecular complexity index is 440. The van der Waals surface area contributed by atoms with Crippen molar-refractivity contribution in [2.45, 2.75) is 19.0 Å². The molecule has 0 bridgehead atoms.